The Hall–Kier alpha value is -3.06. The van der Waals surface area contributed by atoms with Crippen molar-refractivity contribution in [2.75, 3.05) is 0 Å². The third-order valence-corrected chi connectivity index (χ3v) is 4.37. The predicted molar refractivity (Wildman–Crippen MR) is 90.5 cm³/mol. The van der Waals surface area contributed by atoms with Crippen LogP contribution >= 0.6 is 11.3 Å². The van der Waals surface area contributed by atoms with Crippen LogP contribution in [0.4, 0.5) is 0 Å². The van der Waals surface area contributed by atoms with Gasteiger partial charge in [-0.1, -0.05) is 0 Å². The number of carbonyl (C=O) groups excluding carboxylic acids is 1. The minimum absolute atomic E-state index is 0.158. The van der Waals surface area contributed by atoms with Gasteiger partial charge in [-0.15, -0.1) is 11.3 Å². The van der Waals surface area contributed by atoms with Crippen LogP contribution in [0.25, 0.3) is 21.5 Å². The molecule has 118 valence electrons. The minimum atomic E-state index is -0.158. The number of aromatic nitrogens is 3. The number of thiazole rings is 1. The fraction of sp³-hybridized carbons (Fsp3) is 0.0588. The first-order chi connectivity index (χ1) is 11.8. The Morgan fingerprint density at radius 3 is 2.96 bits per heavy atom. The topological polar surface area (TPSA) is 80.9 Å². The maximum absolute atomic E-state index is 12.4. The molecular weight excluding hydrogens is 324 g/mol. The first-order valence-corrected chi connectivity index (χ1v) is 8.13. The van der Waals surface area contributed by atoms with Gasteiger partial charge < -0.3 is 9.73 Å². The lowest BCUT2D eigenvalue weighted by molar-refractivity contribution is 0.0950. The number of carbonyl (C=O) groups is 1. The van der Waals surface area contributed by atoms with Crippen molar-refractivity contribution >= 4 is 27.5 Å². The Bertz CT molecular complexity index is 995. The molecular formula is C17H12N4O2S. The van der Waals surface area contributed by atoms with Crippen LogP contribution < -0.4 is 5.32 Å². The molecule has 0 saturated carbocycles. The second-order valence-corrected chi connectivity index (χ2v) is 5.97. The normalized spacial score (nSPS) is 10.8. The molecule has 0 atom stereocenters. The molecule has 0 aliphatic carbocycles. The van der Waals surface area contributed by atoms with Crippen LogP contribution in [0.5, 0.6) is 0 Å². The second-order valence-electron chi connectivity index (χ2n) is 5.08. The smallest absolute Gasteiger partial charge is 0.251 e. The van der Waals surface area contributed by atoms with Crippen LogP contribution in [0.15, 0.2) is 59.1 Å². The number of fused-ring (bicyclic) bond motifs is 1. The molecule has 6 nitrogen and oxygen atoms in total. The molecule has 0 radical (unpaired) electrons. The Morgan fingerprint density at radius 2 is 2.08 bits per heavy atom. The fourth-order valence-electron chi connectivity index (χ4n) is 2.40. The van der Waals surface area contributed by atoms with Gasteiger partial charge in [-0.3, -0.25) is 14.8 Å². The average Bonchev–Trinajstić information content (AvgIpc) is 3.30. The molecule has 4 rings (SSSR count). The van der Waals surface area contributed by atoms with Gasteiger partial charge in [0.1, 0.15) is 0 Å². The van der Waals surface area contributed by atoms with E-state index in [4.69, 9.17) is 4.42 Å². The van der Waals surface area contributed by atoms with Gasteiger partial charge in [-0.2, -0.15) is 0 Å². The predicted octanol–water partition coefficient (Wildman–Crippen LogP) is 3.28. The molecule has 0 aliphatic rings. The summed E-state index contributed by atoms with van der Waals surface area (Å²) in [6.45, 7) is 0.286. The van der Waals surface area contributed by atoms with Crippen LogP contribution in [0.1, 0.15) is 16.1 Å². The number of nitrogens with zero attached hydrogens (tertiary/aromatic N) is 3. The Kier molecular flexibility index (Phi) is 3.76. The number of benzene rings is 1. The van der Waals surface area contributed by atoms with Crippen LogP contribution in [-0.2, 0) is 6.54 Å². The van der Waals surface area contributed by atoms with Crippen LogP contribution in [0, 0.1) is 0 Å². The second kappa shape index (κ2) is 6.21. The van der Waals surface area contributed by atoms with E-state index in [0.29, 0.717) is 17.0 Å². The number of rotatable bonds is 4. The van der Waals surface area contributed by atoms with Crippen LogP contribution in [-0.4, -0.2) is 20.9 Å². The first kappa shape index (κ1) is 14.5. The van der Waals surface area contributed by atoms with E-state index >= 15 is 0 Å². The minimum Gasteiger partial charge on any atom is -0.472 e. The molecule has 1 N–H and O–H groups in total. The zero-order valence-corrected chi connectivity index (χ0v) is 13.3. The van der Waals surface area contributed by atoms with Crippen molar-refractivity contribution in [1.29, 1.82) is 0 Å². The maximum atomic E-state index is 12.4. The van der Waals surface area contributed by atoms with Crippen molar-refractivity contribution in [3.8, 4) is 11.3 Å². The van der Waals surface area contributed by atoms with E-state index in [1.54, 1.807) is 36.5 Å². The number of furan rings is 1. The molecule has 0 unspecified atom stereocenters. The van der Waals surface area contributed by atoms with E-state index in [0.717, 1.165) is 15.8 Å². The summed E-state index contributed by atoms with van der Waals surface area (Å²) in [6.07, 6.45) is 6.41. The number of nitrogens with one attached hydrogen (secondary N) is 1. The maximum Gasteiger partial charge on any atom is 0.251 e. The highest BCUT2D eigenvalue weighted by molar-refractivity contribution is 7.16. The van der Waals surface area contributed by atoms with Gasteiger partial charge in [0.05, 0.1) is 46.2 Å². The van der Waals surface area contributed by atoms with Gasteiger partial charge >= 0.3 is 0 Å². The zero-order chi connectivity index (χ0) is 16.4. The highest BCUT2D eigenvalue weighted by atomic mass is 32.1. The highest BCUT2D eigenvalue weighted by Crippen LogP contribution is 2.21. The highest BCUT2D eigenvalue weighted by Gasteiger charge is 2.12. The van der Waals surface area contributed by atoms with E-state index in [2.05, 4.69) is 20.3 Å². The first-order valence-electron chi connectivity index (χ1n) is 7.25. The largest absolute Gasteiger partial charge is 0.472 e. The SMILES string of the molecule is O=C(NCc1nccnc1-c1ccoc1)c1ccc2ncsc2c1. The van der Waals surface area contributed by atoms with Gasteiger partial charge in [0.25, 0.3) is 5.91 Å². The van der Waals surface area contributed by atoms with Gasteiger partial charge in [-0.25, -0.2) is 4.98 Å². The van der Waals surface area contributed by atoms with Gasteiger partial charge in [0, 0.05) is 23.5 Å². The van der Waals surface area contributed by atoms with E-state index in [-0.39, 0.29) is 12.5 Å². The van der Waals surface area contributed by atoms with Crippen molar-refractivity contribution in [2.45, 2.75) is 6.54 Å². The van der Waals surface area contributed by atoms with Crippen molar-refractivity contribution in [3.05, 3.63) is 66.0 Å². The lowest BCUT2D eigenvalue weighted by Crippen LogP contribution is -2.23. The van der Waals surface area contributed by atoms with E-state index in [9.17, 15) is 4.79 Å². The molecule has 0 fully saturated rings. The van der Waals surface area contributed by atoms with E-state index in [1.165, 1.54) is 11.3 Å². The number of hydrogen-bond donors (Lipinski definition) is 1. The molecule has 0 saturated heterocycles. The van der Waals surface area contributed by atoms with Crippen molar-refractivity contribution in [2.24, 2.45) is 0 Å². The molecule has 0 bridgehead atoms. The molecule has 0 aliphatic heterocycles. The Labute approximate surface area is 141 Å². The number of hydrogen-bond acceptors (Lipinski definition) is 6. The van der Waals surface area contributed by atoms with Crippen LogP contribution in [0.2, 0.25) is 0 Å². The Morgan fingerprint density at radius 1 is 1.17 bits per heavy atom. The third-order valence-electron chi connectivity index (χ3n) is 3.58. The fourth-order valence-corrected chi connectivity index (χ4v) is 3.12. The molecule has 1 aromatic carbocycles. The number of amides is 1. The summed E-state index contributed by atoms with van der Waals surface area (Å²) in [4.78, 5) is 25.2. The summed E-state index contributed by atoms with van der Waals surface area (Å²) >= 11 is 1.51. The molecule has 24 heavy (non-hydrogen) atoms. The summed E-state index contributed by atoms with van der Waals surface area (Å²) in [5.41, 5.74) is 5.48. The van der Waals surface area contributed by atoms with E-state index < -0.39 is 0 Å². The lowest BCUT2D eigenvalue weighted by Gasteiger charge is -2.08. The molecule has 3 aromatic heterocycles. The summed E-state index contributed by atoms with van der Waals surface area (Å²) in [5.74, 6) is -0.158. The standard InChI is InChI=1S/C17H12N4O2S/c22-17(11-1-2-13-15(7-11)24-10-21-13)20-8-14-16(19-5-4-18-14)12-3-6-23-9-12/h1-7,9-10H,8H2,(H,20,22). The third kappa shape index (κ3) is 2.77. The Balaban J connectivity index is 1.53. The van der Waals surface area contributed by atoms with E-state index in [1.807, 2.05) is 18.2 Å². The van der Waals surface area contributed by atoms with Gasteiger partial charge in [0.2, 0.25) is 0 Å². The molecule has 4 aromatic rings. The van der Waals surface area contributed by atoms with Gasteiger partial charge in [0.15, 0.2) is 0 Å². The quantitative estimate of drug-likeness (QED) is 0.618. The molecule has 7 heteroatoms. The summed E-state index contributed by atoms with van der Waals surface area (Å²) in [5, 5.41) is 2.89. The van der Waals surface area contributed by atoms with Crippen molar-refractivity contribution in [1.82, 2.24) is 20.3 Å². The monoisotopic (exact) mass is 336 g/mol. The average molecular weight is 336 g/mol. The molecule has 1 amide bonds. The lowest BCUT2D eigenvalue weighted by atomic mass is 10.1. The zero-order valence-electron chi connectivity index (χ0n) is 12.5. The molecule has 3 heterocycles. The van der Waals surface area contributed by atoms with Crippen LogP contribution in [0.3, 0.4) is 0 Å². The van der Waals surface area contributed by atoms with Gasteiger partial charge in [-0.05, 0) is 24.3 Å². The molecule has 0 spiro atoms. The summed E-state index contributed by atoms with van der Waals surface area (Å²) in [6, 6.07) is 7.27. The van der Waals surface area contributed by atoms with Crippen molar-refractivity contribution < 1.29 is 9.21 Å². The summed E-state index contributed by atoms with van der Waals surface area (Å²) < 4.78 is 6.08. The van der Waals surface area contributed by atoms with Crippen molar-refractivity contribution in [3.63, 3.8) is 0 Å². The summed E-state index contributed by atoms with van der Waals surface area (Å²) in [7, 11) is 0.